The van der Waals surface area contributed by atoms with Gasteiger partial charge in [-0.15, -0.1) is 0 Å². The minimum absolute atomic E-state index is 0.136. The predicted octanol–water partition coefficient (Wildman–Crippen LogP) is 4.31. The lowest BCUT2D eigenvalue weighted by atomic mass is 9.95. The van der Waals surface area contributed by atoms with Crippen molar-refractivity contribution in [2.75, 3.05) is 13.2 Å². The van der Waals surface area contributed by atoms with Gasteiger partial charge in [0.25, 0.3) is 5.91 Å². The molecule has 0 aliphatic heterocycles. The number of nitrogens with zero attached hydrogens (tertiary/aromatic N) is 1. The number of carbonyl (C=O) groups excluding carboxylic acids is 1. The SMILES string of the molecule is CCOc1ccc(C(NC(=O)c2ccc(C)nc2)C(C)C)cc1OCC. The van der Waals surface area contributed by atoms with Gasteiger partial charge < -0.3 is 14.8 Å². The molecule has 0 saturated carbocycles. The van der Waals surface area contributed by atoms with Crippen molar-refractivity contribution in [2.24, 2.45) is 5.92 Å². The summed E-state index contributed by atoms with van der Waals surface area (Å²) in [6.07, 6.45) is 1.60. The van der Waals surface area contributed by atoms with E-state index < -0.39 is 0 Å². The van der Waals surface area contributed by atoms with Crippen molar-refractivity contribution in [2.45, 2.75) is 40.7 Å². The molecule has 1 heterocycles. The molecule has 140 valence electrons. The molecule has 1 amide bonds. The monoisotopic (exact) mass is 356 g/mol. The largest absolute Gasteiger partial charge is 0.490 e. The van der Waals surface area contributed by atoms with Gasteiger partial charge in [0, 0.05) is 11.9 Å². The molecule has 2 rings (SSSR count). The first-order valence-electron chi connectivity index (χ1n) is 9.09. The van der Waals surface area contributed by atoms with Gasteiger partial charge in [-0.2, -0.15) is 0 Å². The third-order valence-corrected chi connectivity index (χ3v) is 4.05. The quantitative estimate of drug-likeness (QED) is 0.765. The van der Waals surface area contributed by atoms with Crippen LogP contribution in [0.1, 0.15) is 55.4 Å². The number of hydrogen-bond acceptors (Lipinski definition) is 4. The van der Waals surface area contributed by atoms with Gasteiger partial charge in [-0.3, -0.25) is 9.78 Å². The van der Waals surface area contributed by atoms with E-state index in [1.807, 2.05) is 45.0 Å². The molecule has 0 bridgehead atoms. The summed E-state index contributed by atoms with van der Waals surface area (Å²) < 4.78 is 11.3. The van der Waals surface area contributed by atoms with Gasteiger partial charge in [-0.05, 0) is 56.5 Å². The molecule has 5 nitrogen and oxygen atoms in total. The summed E-state index contributed by atoms with van der Waals surface area (Å²) in [5, 5.41) is 3.11. The van der Waals surface area contributed by atoms with E-state index >= 15 is 0 Å². The number of nitrogens with one attached hydrogen (secondary N) is 1. The number of pyridine rings is 1. The van der Waals surface area contributed by atoms with Crippen LogP contribution in [0.3, 0.4) is 0 Å². The highest BCUT2D eigenvalue weighted by atomic mass is 16.5. The van der Waals surface area contributed by atoms with Crippen LogP contribution in [0, 0.1) is 12.8 Å². The Morgan fingerprint density at radius 1 is 1.08 bits per heavy atom. The summed E-state index contributed by atoms with van der Waals surface area (Å²) in [7, 11) is 0. The molecular weight excluding hydrogens is 328 g/mol. The number of amides is 1. The van der Waals surface area contributed by atoms with Gasteiger partial charge in [0.05, 0.1) is 24.8 Å². The lowest BCUT2D eigenvalue weighted by molar-refractivity contribution is 0.0925. The molecule has 2 aromatic rings. The van der Waals surface area contributed by atoms with Gasteiger partial charge >= 0.3 is 0 Å². The summed E-state index contributed by atoms with van der Waals surface area (Å²) >= 11 is 0. The summed E-state index contributed by atoms with van der Waals surface area (Å²) in [6, 6.07) is 9.32. The fraction of sp³-hybridized carbons (Fsp3) is 0.429. The molecule has 1 N–H and O–H groups in total. The second-order valence-corrected chi connectivity index (χ2v) is 6.46. The molecule has 0 saturated heterocycles. The van der Waals surface area contributed by atoms with Crippen LogP contribution in [0.5, 0.6) is 11.5 Å². The van der Waals surface area contributed by atoms with Crippen LogP contribution < -0.4 is 14.8 Å². The third kappa shape index (κ3) is 4.97. The first-order chi connectivity index (χ1) is 12.5. The molecule has 0 aliphatic carbocycles. The van der Waals surface area contributed by atoms with Crippen molar-refractivity contribution in [3.05, 3.63) is 53.3 Å². The Bertz CT molecular complexity index is 727. The fourth-order valence-corrected chi connectivity index (χ4v) is 2.72. The topological polar surface area (TPSA) is 60.5 Å². The van der Waals surface area contributed by atoms with Crippen LogP contribution in [0.15, 0.2) is 36.5 Å². The van der Waals surface area contributed by atoms with Crippen LogP contribution in [-0.2, 0) is 0 Å². The van der Waals surface area contributed by atoms with E-state index in [9.17, 15) is 4.79 Å². The minimum Gasteiger partial charge on any atom is -0.490 e. The molecule has 1 aromatic heterocycles. The van der Waals surface area contributed by atoms with E-state index in [1.165, 1.54) is 0 Å². The average molecular weight is 356 g/mol. The molecule has 5 heteroatoms. The molecule has 1 atom stereocenters. The summed E-state index contributed by atoms with van der Waals surface area (Å²) in [5.74, 6) is 1.49. The van der Waals surface area contributed by atoms with E-state index in [2.05, 4.69) is 24.1 Å². The van der Waals surface area contributed by atoms with E-state index in [0.29, 0.717) is 24.5 Å². The number of ether oxygens (including phenoxy) is 2. The number of benzene rings is 1. The molecule has 0 fully saturated rings. The zero-order chi connectivity index (χ0) is 19.1. The zero-order valence-electron chi connectivity index (χ0n) is 16.2. The van der Waals surface area contributed by atoms with Gasteiger partial charge in [-0.1, -0.05) is 19.9 Å². The summed E-state index contributed by atoms with van der Waals surface area (Å²) in [5.41, 5.74) is 2.42. The molecular formula is C21H28N2O3. The van der Waals surface area contributed by atoms with Crippen LogP contribution in [0.2, 0.25) is 0 Å². The van der Waals surface area contributed by atoms with Crippen molar-refractivity contribution >= 4 is 5.91 Å². The number of rotatable bonds is 8. The first-order valence-corrected chi connectivity index (χ1v) is 9.09. The predicted molar refractivity (Wildman–Crippen MR) is 103 cm³/mol. The van der Waals surface area contributed by atoms with Gasteiger partial charge in [0.2, 0.25) is 0 Å². The normalized spacial score (nSPS) is 11.9. The second kappa shape index (κ2) is 9.22. The third-order valence-electron chi connectivity index (χ3n) is 4.05. The van der Waals surface area contributed by atoms with E-state index in [-0.39, 0.29) is 17.9 Å². The van der Waals surface area contributed by atoms with Gasteiger partial charge in [0.1, 0.15) is 0 Å². The van der Waals surface area contributed by atoms with Crippen LogP contribution in [-0.4, -0.2) is 24.1 Å². The van der Waals surface area contributed by atoms with Gasteiger partial charge in [0.15, 0.2) is 11.5 Å². The molecule has 1 aromatic carbocycles. The maximum atomic E-state index is 12.6. The number of hydrogen-bond donors (Lipinski definition) is 1. The number of carbonyl (C=O) groups is 1. The Balaban J connectivity index is 2.27. The van der Waals surface area contributed by atoms with Gasteiger partial charge in [-0.25, -0.2) is 0 Å². The van der Waals surface area contributed by atoms with E-state index in [0.717, 1.165) is 17.0 Å². The molecule has 0 spiro atoms. The first kappa shape index (κ1) is 19.8. The Morgan fingerprint density at radius 2 is 1.77 bits per heavy atom. The Morgan fingerprint density at radius 3 is 2.35 bits per heavy atom. The standard InChI is InChI=1S/C21H28N2O3/c1-6-25-18-11-10-16(12-19(18)26-7-2)20(14(3)4)23-21(24)17-9-8-15(5)22-13-17/h8-14,20H,6-7H2,1-5H3,(H,23,24). The molecule has 0 aliphatic rings. The van der Waals surface area contributed by atoms with E-state index in [4.69, 9.17) is 9.47 Å². The lowest BCUT2D eigenvalue weighted by Crippen LogP contribution is -2.31. The van der Waals surface area contributed by atoms with Crippen molar-refractivity contribution in [1.82, 2.24) is 10.3 Å². The lowest BCUT2D eigenvalue weighted by Gasteiger charge is -2.24. The van der Waals surface area contributed by atoms with Crippen LogP contribution >= 0.6 is 0 Å². The summed E-state index contributed by atoms with van der Waals surface area (Å²) in [4.78, 5) is 16.8. The average Bonchev–Trinajstić information content (AvgIpc) is 2.62. The van der Waals surface area contributed by atoms with Crippen molar-refractivity contribution in [1.29, 1.82) is 0 Å². The smallest absolute Gasteiger partial charge is 0.253 e. The van der Waals surface area contributed by atoms with E-state index in [1.54, 1.807) is 12.3 Å². The van der Waals surface area contributed by atoms with Crippen LogP contribution in [0.4, 0.5) is 0 Å². The number of aromatic nitrogens is 1. The van der Waals surface area contributed by atoms with Crippen molar-refractivity contribution in [3.8, 4) is 11.5 Å². The molecule has 0 radical (unpaired) electrons. The highest BCUT2D eigenvalue weighted by Crippen LogP contribution is 2.33. The maximum absolute atomic E-state index is 12.6. The Kier molecular flexibility index (Phi) is 7.01. The zero-order valence-corrected chi connectivity index (χ0v) is 16.2. The fourth-order valence-electron chi connectivity index (χ4n) is 2.72. The van der Waals surface area contributed by atoms with Crippen molar-refractivity contribution < 1.29 is 14.3 Å². The Labute approximate surface area is 155 Å². The number of aryl methyl sites for hydroxylation is 1. The summed E-state index contributed by atoms with van der Waals surface area (Å²) in [6.45, 7) is 11.1. The molecule has 26 heavy (non-hydrogen) atoms. The second-order valence-electron chi connectivity index (χ2n) is 6.46. The van der Waals surface area contributed by atoms with Crippen LogP contribution in [0.25, 0.3) is 0 Å². The Hall–Kier alpha value is -2.56. The highest BCUT2D eigenvalue weighted by Gasteiger charge is 2.21. The maximum Gasteiger partial charge on any atom is 0.253 e. The van der Waals surface area contributed by atoms with Crippen molar-refractivity contribution in [3.63, 3.8) is 0 Å². The molecule has 1 unspecified atom stereocenters. The minimum atomic E-state index is -0.140. The highest BCUT2D eigenvalue weighted by molar-refractivity contribution is 5.94.